The Balaban J connectivity index is 2.32. The lowest BCUT2D eigenvalue weighted by molar-refractivity contribution is 0.306. The van der Waals surface area contributed by atoms with Crippen LogP contribution in [-0.4, -0.2) is 10.5 Å². The van der Waals surface area contributed by atoms with E-state index in [1.807, 2.05) is 6.07 Å². The number of nitrogens with one attached hydrogen (secondary N) is 1. The minimum atomic E-state index is -0.361. The molecular weight excluding hydrogens is 223 g/mol. The van der Waals surface area contributed by atoms with Crippen molar-refractivity contribution in [3.05, 3.63) is 29.6 Å². The third kappa shape index (κ3) is 2.02. The Morgan fingerprint density at radius 2 is 2.19 bits per heavy atom. The maximum atomic E-state index is 13.6. The molecule has 3 N–H and O–H groups in total. The van der Waals surface area contributed by atoms with Crippen molar-refractivity contribution in [2.75, 3.05) is 5.32 Å². The van der Waals surface area contributed by atoms with Gasteiger partial charge in [0.2, 0.25) is 0 Å². The van der Waals surface area contributed by atoms with Crippen molar-refractivity contribution in [1.82, 2.24) is 0 Å². The Kier molecular flexibility index (Phi) is 2.84. The van der Waals surface area contributed by atoms with E-state index in [9.17, 15) is 4.39 Å². The largest absolute Gasteiger partial charge is 0.389 e. The predicted molar refractivity (Wildman–Crippen MR) is 68.2 cm³/mol. The maximum absolute atomic E-state index is 13.6. The van der Waals surface area contributed by atoms with Crippen molar-refractivity contribution < 1.29 is 4.39 Å². The number of thiocarbonyl (C=S) groups is 1. The number of rotatable bonds is 3. The molecule has 1 aliphatic rings. The second kappa shape index (κ2) is 4.01. The van der Waals surface area contributed by atoms with Gasteiger partial charge in [-0.1, -0.05) is 18.3 Å². The second-order valence-electron chi connectivity index (χ2n) is 4.57. The zero-order valence-electron chi connectivity index (χ0n) is 9.22. The molecule has 1 aromatic carbocycles. The summed E-state index contributed by atoms with van der Waals surface area (Å²) in [6.07, 6.45) is 3.40. The highest BCUT2D eigenvalue weighted by Gasteiger charge is 2.32. The Morgan fingerprint density at radius 3 is 2.69 bits per heavy atom. The highest BCUT2D eigenvalue weighted by molar-refractivity contribution is 7.80. The summed E-state index contributed by atoms with van der Waals surface area (Å²) in [5.74, 6) is -0.361. The van der Waals surface area contributed by atoms with E-state index in [2.05, 4.69) is 12.2 Å². The van der Waals surface area contributed by atoms with Gasteiger partial charge in [0, 0.05) is 11.2 Å². The molecule has 0 bridgehead atoms. The van der Waals surface area contributed by atoms with Crippen molar-refractivity contribution >= 4 is 22.9 Å². The molecule has 0 heterocycles. The van der Waals surface area contributed by atoms with Gasteiger partial charge in [-0.05, 0) is 38.3 Å². The predicted octanol–water partition coefficient (Wildman–Crippen LogP) is 2.81. The lowest BCUT2D eigenvalue weighted by Gasteiger charge is -2.40. The van der Waals surface area contributed by atoms with Gasteiger partial charge in [-0.3, -0.25) is 0 Å². The summed E-state index contributed by atoms with van der Waals surface area (Å²) in [6.45, 7) is 2.13. The molecule has 1 fully saturated rings. The van der Waals surface area contributed by atoms with E-state index >= 15 is 0 Å². The minimum absolute atomic E-state index is 0.0628. The zero-order chi connectivity index (χ0) is 11.8. The van der Waals surface area contributed by atoms with Crippen LogP contribution in [0, 0.1) is 5.82 Å². The van der Waals surface area contributed by atoms with Crippen LogP contribution in [0.25, 0.3) is 0 Å². The fraction of sp³-hybridized carbons (Fsp3) is 0.417. The number of benzene rings is 1. The molecule has 0 aliphatic heterocycles. The SMILES string of the molecule is CC1(Nc2cccc(F)c2C(N)=S)CCC1. The molecule has 2 nitrogen and oxygen atoms in total. The van der Waals surface area contributed by atoms with E-state index < -0.39 is 0 Å². The number of hydrogen-bond donors (Lipinski definition) is 2. The Labute approximate surface area is 100 Å². The first-order valence-electron chi connectivity index (χ1n) is 5.38. The van der Waals surface area contributed by atoms with Gasteiger partial charge in [-0.25, -0.2) is 4.39 Å². The van der Waals surface area contributed by atoms with Crippen LogP contribution in [0.1, 0.15) is 31.7 Å². The Hall–Kier alpha value is -1.16. The standard InChI is InChI=1S/C12H15FN2S/c1-12(6-3-7-12)15-9-5-2-4-8(13)10(9)11(14)16/h2,4-5,15H,3,6-7H2,1H3,(H2,14,16). The number of hydrogen-bond acceptors (Lipinski definition) is 2. The van der Waals surface area contributed by atoms with Gasteiger partial charge in [0.15, 0.2) is 0 Å². The third-order valence-corrected chi connectivity index (χ3v) is 3.36. The lowest BCUT2D eigenvalue weighted by Crippen LogP contribution is -2.42. The van der Waals surface area contributed by atoms with Gasteiger partial charge in [0.25, 0.3) is 0 Å². The van der Waals surface area contributed by atoms with Crippen molar-refractivity contribution in [3.63, 3.8) is 0 Å². The van der Waals surface area contributed by atoms with Crippen LogP contribution >= 0.6 is 12.2 Å². The van der Waals surface area contributed by atoms with Crippen molar-refractivity contribution in [2.45, 2.75) is 31.7 Å². The van der Waals surface area contributed by atoms with Crippen LogP contribution in [0.4, 0.5) is 10.1 Å². The van der Waals surface area contributed by atoms with Crippen LogP contribution < -0.4 is 11.1 Å². The molecule has 86 valence electrons. The molecular formula is C12H15FN2S. The molecule has 4 heteroatoms. The van der Waals surface area contributed by atoms with Crippen LogP contribution in [-0.2, 0) is 0 Å². The van der Waals surface area contributed by atoms with Crippen molar-refractivity contribution in [2.24, 2.45) is 5.73 Å². The van der Waals surface area contributed by atoms with E-state index in [-0.39, 0.29) is 16.3 Å². The summed E-state index contributed by atoms with van der Waals surface area (Å²) in [4.78, 5) is 0.100. The summed E-state index contributed by atoms with van der Waals surface area (Å²) in [5.41, 5.74) is 6.64. The molecule has 0 saturated heterocycles. The van der Waals surface area contributed by atoms with Gasteiger partial charge in [-0.15, -0.1) is 0 Å². The number of nitrogens with two attached hydrogens (primary N) is 1. The molecule has 1 saturated carbocycles. The third-order valence-electron chi connectivity index (χ3n) is 3.15. The molecule has 0 amide bonds. The minimum Gasteiger partial charge on any atom is -0.389 e. The van der Waals surface area contributed by atoms with Crippen LogP contribution in [0.2, 0.25) is 0 Å². The normalized spacial score (nSPS) is 17.6. The fourth-order valence-corrected chi connectivity index (χ4v) is 2.24. The van der Waals surface area contributed by atoms with Crippen LogP contribution in [0.15, 0.2) is 18.2 Å². The number of anilines is 1. The van der Waals surface area contributed by atoms with E-state index in [0.717, 1.165) is 12.8 Å². The average molecular weight is 238 g/mol. The van der Waals surface area contributed by atoms with E-state index in [0.29, 0.717) is 11.3 Å². The molecule has 0 unspecified atom stereocenters. The summed E-state index contributed by atoms with van der Waals surface area (Å²) in [7, 11) is 0. The van der Waals surface area contributed by atoms with Gasteiger partial charge in [-0.2, -0.15) is 0 Å². The van der Waals surface area contributed by atoms with Gasteiger partial charge < -0.3 is 11.1 Å². The molecule has 16 heavy (non-hydrogen) atoms. The average Bonchev–Trinajstić information content (AvgIpc) is 2.14. The second-order valence-corrected chi connectivity index (χ2v) is 5.01. The summed E-state index contributed by atoms with van der Waals surface area (Å²) in [5, 5.41) is 3.34. The summed E-state index contributed by atoms with van der Waals surface area (Å²) in [6, 6.07) is 4.87. The monoisotopic (exact) mass is 238 g/mol. The van der Waals surface area contributed by atoms with Crippen molar-refractivity contribution in [1.29, 1.82) is 0 Å². The quantitative estimate of drug-likeness (QED) is 0.795. The van der Waals surface area contributed by atoms with Gasteiger partial charge in [0.1, 0.15) is 10.8 Å². The van der Waals surface area contributed by atoms with Crippen LogP contribution in [0.3, 0.4) is 0 Å². The molecule has 0 radical (unpaired) electrons. The molecule has 0 spiro atoms. The molecule has 0 aromatic heterocycles. The molecule has 1 aromatic rings. The zero-order valence-corrected chi connectivity index (χ0v) is 10.0. The molecule has 1 aliphatic carbocycles. The van der Waals surface area contributed by atoms with E-state index in [4.69, 9.17) is 18.0 Å². The van der Waals surface area contributed by atoms with Crippen molar-refractivity contribution in [3.8, 4) is 0 Å². The van der Waals surface area contributed by atoms with E-state index in [1.165, 1.54) is 12.5 Å². The first-order chi connectivity index (χ1) is 7.52. The highest BCUT2D eigenvalue weighted by Crippen LogP contribution is 2.35. The topological polar surface area (TPSA) is 38.0 Å². The fourth-order valence-electron chi connectivity index (χ4n) is 2.04. The molecule has 0 atom stereocenters. The summed E-state index contributed by atoms with van der Waals surface area (Å²) >= 11 is 4.88. The highest BCUT2D eigenvalue weighted by atomic mass is 32.1. The Bertz CT molecular complexity index is 427. The smallest absolute Gasteiger partial charge is 0.135 e. The lowest BCUT2D eigenvalue weighted by atomic mass is 9.78. The maximum Gasteiger partial charge on any atom is 0.135 e. The number of halogens is 1. The van der Waals surface area contributed by atoms with E-state index in [1.54, 1.807) is 6.07 Å². The van der Waals surface area contributed by atoms with Gasteiger partial charge in [0.05, 0.1) is 5.56 Å². The first kappa shape index (κ1) is 11.3. The first-order valence-corrected chi connectivity index (χ1v) is 5.79. The van der Waals surface area contributed by atoms with Crippen LogP contribution in [0.5, 0.6) is 0 Å². The molecule has 2 rings (SSSR count). The Morgan fingerprint density at radius 1 is 1.50 bits per heavy atom. The summed E-state index contributed by atoms with van der Waals surface area (Å²) < 4.78 is 13.6. The van der Waals surface area contributed by atoms with Gasteiger partial charge >= 0.3 is 0 Å².